The van der Waals surface area contributed by atoms with Gasteiger partial charge in [-0.3, -0.25) is 9.89 Å². The lowest BCUT2D eigenvalue weighted by Crippen LogP contribution is -2.43. The zero-order valence-electron chi connectivity index (χ0n) is 18.0. The Bertz CT molecular complexity index is 1220. The number of nitrogens with zero attached hydrogens (tertiary/aromatic N) is 4. The molecule has 1 amide bonds. The third-order valence-corrected chi connectivity index (χ3v) is 5.47. The van der Waals surface area contributed by atoms with E-state index in [1.807, 2.05) is 60.7 Å². The lowest BCUT2D eigenvalue weighted by atomic mass is 10.1. The topological polar surface area (TPSA) is 111 Å². The van der Waals surface area contributed by atoms with E-state index in [2.05, 4.69) is 41.0 Å². The van der Waals surface area contributed by atoms with Gasteiger partial charge >= 0.3 is 0 Å². The minimum absolute atomic E-state index is 0.290. The van der Waals surface area contributed by atoms with Gasteiger partial charge in [-0.15, -0.1) is 0 Å². The van der Waals surface area contributed by atoms with Gasteiger partial charge in [0.05, 0.1) is 17.6 Å². The smallest absolute Gasteiger partial charge is 0.275 e. The summed E-state index contributed by atoms with van der Waals surface area (Å²) in [5, 5.41) is 16.2. The molecule has 1 saturated heterocycles. The average molecular weight is 441 g/mol. The van der Waals surface area contributed by atoms with Crippen molar-refractivity contribution >= 4 is 28.8 Å². The van der Waals surface area contributed by atoms with Gasteiger partial charge in [-0.2, -0.15) is 5.10 Å². The van der Waals surface area contributed by atoms with Crippen molar-refractivity contribution in [1.82, 2.24) is 25.5 Å². The SMILES string of the molecule is O=C(Nc1ccc(N2CCNCC2)cc1)c1[nH]ncc1Nc1cc(-c2ccccc2)ncn1. The molecule has 3 heterocycles. The van der Waals surface area contributed by atoms with E-state index in [0.29, 0.717) is 22.9 Å². The molecular weight excluding hydrogens is 416 g/mol. The molecule has 0 unspecified atom stereocenters. The molecule has 33 heavy (non-hydrogen) atoms. The van der Waals surface area contributed by atoms with Crippen LogP contribution in [0, 0.1) is 0 Å². The molecule has 4 N–H and O–H groups in total. The number of amides is 1. The Kier molecular flexibility index (Phi) is 5.94. The van der Waals surface area contributed by atoms with Gasteiger partial charge < -0.3 is 20.9 Å². The highest BCUT2D eigenvalue weighted by molar-refractivity contribution is 6.06. The number of aromatic nitrogens is 4. The van der Waals surface area contributed by atoms with Crippen LogP contribution in [0.5, 0.6) is 0 Å². The van der Waals surface area contributed by atoms with Crippen LogP contribution in [0.15, 0.2) is 73.2 Å². The Morgan fingerprint density at radius 1 is 0.970 bits per heavy atom. The van der Waals surface area contributed by atoms with Crippen LogP contribution in [0.2, 0.25) is 0 Å². The Labute approximate surface area is 191 Å². The monoisotopic (exact) mass is 440 g/mol. The zero-order valence-corrected chi connectivity index (χ0v) is 18.0. The van der Waals surface area contributed by atoms with Crippen molar-refractivity contribution in [3.63, 3.8) is 0 Å². The van der Waals surface area contributed by atoms with Gasteiger partial charge in [0.25, 0.3) is 5.91 Å². The molecule has 1 fully saturated rings. The predicted molar refractivity (Wildman–Crippen MR) is 129 cm³/mol. The lowest BCUT2D eigenvalue weighted by molar-refractivity contribution is 0.102. The number of benzene rings is 2. The first-order chi connectivity index (χ1) is 16.3. The predicted octanol–water partition coefficient (Wildman–Crippen LogP) is 3.27. The normalized spacial score (nSPS) is 13.5. The first-order valence-corrected chi connectivity index (χ1v) is 10.8. The molecule has 0 spiro atoms. The summed E-state index contributed by atoms with van der Waals surface area (Å²) in [7, 11) is 0. The van der Waals surface area contributed by atoms with Gasteiger partial charge in [-0.05, 0) is 24.3 Å². The van der Waals surface area contributed by atoms with E-state index in [4.69, 9.17) is 0 Å². The van der Waals surface area contributed by atoms with E-state index < -0.39 is 0 Å². The summed E-state index contributed by atoms with van der Waals surface area (Å²) in [5.41, 5.74) is 4.48. The van der Waals surface area contributed by atoms with E-state index in [1.54, 1.807) is 6.20 Å². The maximum atomic E-state index is 12.9. The molecule has 2 aromatic carbocycles. The molecule has 1 aliphatic heterocycles. The fraction of sp³-hybridized carbons (Fsp3) is 0.167. The molecule has 0 bridgehead atoms. The fourth-order valence-corrected chi connectivity index (χ4v) is 3.76. The van der Waals surface area contributed by atoms with Crippen molar-refractivity contribution < 1.29 is 4.79 Å². The summed E-state index contributed by atoms with van der Waals surface area (Å²) in [5.74, 6) is 0.280. The van der Waals surface area contributed by atoms with Gasteiger partial charge in [0.2, 0.25) is 0 Å². The van der Waals surface area contributed by atoms with E-state index in [-0.39, 0.29) is 5.91 Å². The number of rotatable bonds is 6. The molecule has 0 atom stereocenters. The minimum atomic E-state index is -0.290. The molecular formula is C24H24N8O. The lowest BCUT2D eigenvalue weighted by Gasteiger charge is -2.29. The number of nitrogens with one attached hydrogen (secondary N) is 4. The van der Waals surface area contributed by atoms with Crippen molar-refractivity contribution in [2.24, 2.45) is 0 Å². The Balaban J connectivity index is 1.27. The number of aromatic amines is 1. The molecule has 2 aromatic heterocycles. The molecule has 166 valence electrons. The van der Waals surface area contributed by atoms with Crippen LogP contribution in [0.3, 0.4) is 0 Å². The number of hydrogen-bond acceptors (Lipinski definition) is 7. The van der Waals surface area contributed by atoms with E-state index in [0.717, 1.165) is 43.1 Å². The van der Waals surface area contributed by atoms with Crippen molar-refractivity contribution in [3.05, 3.63) is 78.9 Å². The summed E-state index contributed by atoms with van der Waals surface area (Å²) in [6.45, 7) is 3.91. The average Bonchev–Trinajstić information content (AvgIpc) is 3.34. The van der Waals surface area contributed by atoms with Crippen LogP contribution in [0.1, 0.15) is 10.5 Å². The minimum Gasteiger partial charge on any atom is -0.369 e. The Morgan fingerprint density at radius 3 is 2.55 bits per heavy atom. The first-order valence-electron chi connectivity index (χ1n) is 10.8. The second-order valence-corrected chi connectivity index (χ2v) is 7.68. The highest BCUT2D eigenvalue weighted by atomic mass is 16.2. The van der Waals surface area contributed by atoms with Crippen LogP contribution in [0.25, 0.3) is 11.3 Å². The number of carbonyl (C=O) groups excluding carboxylic acids is 1. The van der Waals surface area contributed by atoms with E-state index in [1.165, 1.54) is 6.33 Å². The van der Waals surface area contributed by atoms with Crippen molar-refractivity contribution in [3.8, 4) is 11.3 Å². The Morgan fingerprint density at radius 2 is 1.76 bits per heavy atom. The van der Waals surface area contributed by atoms with E-state index in [9.17, 15) is 4.79 Å². The van der Waals surface area contributed by atoms with Crippen LogP contribution < -0.4 is 20.9 Å². The first kappa shape index (κ1) is 20.7. The molecule has 1 aliphatic rings. The number of anilines is 4. The third-order valence-electron chi connectivity index (χ3n) is 5.47. The number of carbonyl (C=O) groups is 1. The van der Waals surface area contributed by atoms with Crippen molar-refractivity contribution in [1.29, 1.82) is 0 Å². The fourth-order valence-electron chi connectivity index (χ4n) is 3.76. The summed E-state index contributed by atoms with van der Waals surface area (Å²) in [4.78, 5) is 23.8. The van der Waals surface area contributed by atoms with Gasteiger partial charge in [-0.25, -0.2) is 9.97 Å². The van der Waals surface area contributed by atoms with Crippen LogP contribution in [0.4, 0.5) is 22.9 Å². The highest BCUT2D eigenvalue weighted by Crippen LogP contribution is 2.23. The van der Waals surface area contributed by atoms with Crippen LogP contribution in [-0.4, -0.2) is 52.3 Å². The molecule has 0 radical (unpaired) electrons. The number of piperazine rings is 1. The van der Waals surface area contributed by atoms with Gasteiger partial charge in [0.15, 0.2) is 0 Å². The molecule has 0 saturated carbocycles. The van der Waals surface area contributed by atoms with Crippen LogP contribution >= 0.6 is 0 Å². The highest BCUT2D eigenvalue weighted by Gasteiger charge is 2.16. The third kappa shape index (κ3) is 4.83. The molecule has 5 rings (SSSR count). The molecule has 9 heteroatoms. The van der Waals surface area contributed by atoms with Gasteiger partial charge in [-0.1, -0.05) is 30.3 Å². The summed E-state index contributed by atoms with van der Waals surface area (Å²) >= 11 is 0. The quantitative estimate of drug-likeness (QED) is 0.364. The Hall–Kier alpha value is -4.24. The molecule has 0 aliphatic carbocycles. The number of H-pyrrole nitrogens is 1. The van der Waals surface area contributed by atoms with Crippen molar-refractivity contribution in [2.75, 3.05) is 41.7 Å². The maximum absolute atomic E-state index is 12.9. The summed E-state index contributed by atoms with van der Waals surface area (Å²) < 4.78 is 0. The summed E-state index contributed by atoms with van der Waals surface area (Å²) in [6.07, 6.45) is 3.05. The second kappa shape index (κ2) is 9.49. The van der Waals surface area contributed by atoms with Gasteiger partial charge in [0, 0.05) is 49.2 Å². The van der Waals surface area contributed by atoms with Gasteiger partial charge in [0.1, 0.15) is 17.8 Å². The van der Waals surface area contributed by atoms with Crippen molar-refractivity contribution in [2.45, 2.75) is 0 Å². The summed E-state index contributed by atoms with van der Waals surface area (Å²) in [6, 6.07) is 19.5. The largest absolute Gasteiger partial charge is 0.369 e. The number of hydrogen-bond donors (Lipinski definition) is 4. The molecule has 9 nitrogen and oxygen atoms in total. The van der Waals surface area contributed by atoms with Crippen LogP contribution in [-0.2, 0) is 0 Å². The second-order valence-electron chi connectivity index (χ2n) is 7.68. The standard InChI is InChI=1S/C24H24N8O/c33-24(29-18-6-8-19(9-7-18)32-12-10-25-11-13-32)23-21(15-28-31-23)30-22-14-20(26-16-27-22)17-4-2-1-3-5-17/h1-9,14-16,25H,10-13H2,(H,28,31)(H,29,33)(H,26,27,30). The zero-order chi connectivity index (χ0) is 22.5. The molecule has 4 aromatic rings. The van der Waals surface area contributed by atoms with E-state index >= 15 is 0 Å². The maximum Gasteiger partial charge on any atom is 0.275 e.